The van der Waals surface area contributed by atoms with Crippen LogP contribution in [0.25, 0.3) is 0 Å². The molecule has 0 unspecified atom stereocenters. The van der Waals surface area contributed by atoms with E-state index in [1.165, 1.54) is 7.11 Å². The predicted octanol–water partition coefficient (Wildman–Crippen LogP) is 3.91. The molecular formula is C27H36ClN5O3. The molecule has 1 aromatic carbocycles. The van der Waals surface area contributed by atoms with E-state index in [0.717, 1.165) is 43.5 Å². The van der Waals surface area contributed by atoms with Crippen LogP contribution in [0.4, 0.5) is 5.69 Å². The van der Waals surface area contributed by atoms with Crippen LogP contribution in [-0.4, -0.2) is 61.8 Å². The fraction of sp³-hybridized carbons (Fsp3) is 0.519. The molecule has 8 nitrogen and oxygen atoms in total. The zero-order valence-corrected chi connectivity index (χ0v) is 22.5. The van der Waals surface area contributed by atoms with Gasteiger partial charge in [-0.3, -0.25) is 14.6 Å². The minimum Gasteiger partial charge on any atom is -0.482 e. The lowest BCUT2D eigenvalue weighted by molar-refractivity contribution is 0.0950. The summed E-state index contributed by atoms with van der Waals surface area (Å²) in [5.41, 5.74) is 3.85. The third kappa shape index (κ3) is 5.15. The number of anilines is 1. The summed E-state index contributed by atoms with van der Waals surface area (Å²) in [5, 5.41) is 3.43. The minimum absolute atomic E-state index is 0.0396. The van der Waals surface area contributed by atoms with Crippen molar-refractivity contribution in [3.63, 3.8) is 0 Å². The van der Waals surface area contributed by atoms with Gasteiger partial charge in [0.15, 0.2) is 11.3 Å². The van der Waals surface area contributed by atoms with Gasteiger partial charge in [-0.05, 0) is 71.3 Å². The highest BCUT2D eigenvalue weighted by Crippen LogP contribution is 2.34. The Morgan fingerprint density at radius 1 is 1.22 bits per heavy atom. The van der Waals surface area contributed by atoms with Gasteiger partial charge in [0.25, 0.3) is 5.91 Å². The molecule has 36 heavy (non-hydrogen) atoms. The Morgan fingerprint density at radius 2 is 1.92 bits per heavy atom. The standard InChI is InChI=1S/C27H36ClN5O3/c1-6-33(19-9-7-18(8-10-19)32(3)4)24-12-17(28)11-20(16(24)2)26(35)30-14-22-25(34)21-13-29-15-23(21)31-27(22)36-5/h11-12,15,18-19H,6-10,13-14H2,1-5H3,(H,30,35)(H,31,34). The van der Waals surface area contributed by atoms with Gasteiger partial charge in [0.1, 0.15) is 0 Å². The number of halogens is 1. The quantitative estimate of drug-likeness (QED) is 0.558. The molecule has 2 heterocycles. The van der Waals surface area contributed by atoms with Gasteiger partial charge in [0.2, 0.25) is 0 Å². The zero-order valence-electron chi connectivity index (χ0n) is 21.8. The largest absolute Gasteiger partial charge is 0.482 e. The van der Waals surface area contributed by atoms with Crippen LogP contribution in [0, 0.1) is 6.92 Å². The van der Waals surface area contributed by atoms with Crippen molar-refractivity contribution in [2.45, 2.75) is 64.7 Å². The smallest absolute Gasteiger partial charge is 0.251 e. The van der Waals surface area contributed by atoms with Crippen LogP contribution in [0.3, 0.4) is 0 Å². The first-order valence-electron chi connectivity index (χ1n) is 12.6. The fourth-order valence-electron chi connectivity index (χ4n) is 5.49. The van der Waals surface area contributed by atoms with Gasteiger partial charge in [0.05, 0.1) is 31.5 Å². The topological polar surface area (TPSA) is 90.0 Å². The normalized spacial score (nSPS) is 18.9. The number of benzene rings is 1. The van der Waals surface area contributed by atoms with Crippen molar-refractivity contribution in [2.75, 3.05) is 32.6 Å². The molecule has 1 fully saturated rings. The van der Waals surface area contributed by atoms with Gasteiger partial charge in [-0.25, -0.2) is 0 Å². The summed E-state index contributed by atoms with van der Waals surface area (Å²) in [4.78, 5) is 38.2. The third-order valence-corrected chi connectivity index (χ3v) is 7.79. The number of fused-ring (bicyclic) bond motifs is 1. The summed E-state index contributed by atoms with van der Waals surface area (Å²) in [5.74, 6) is 0.0585. The number of hydrogen-bond acceptors (Lipinski definition) is 6. The second-order valence-corrected chi connectivity index (χ2v) is 10.3. The summed E-state index contributed by atoms with van der Waals surface area (Å²) >= 11 is 6.52. The van der Waals surface area contributed by atoms with E-state index in [1.54, 1.807) is 12.3 Å². The van der Waals surface area contributed by atoms with Gasteiger partial charge in [-0.15, -0.1) is 0 Å². The number of rotatable bonds is 8. The number of carbonyl (C=O) groups is 1. The Kier molecular flexibility index (Phi) is 8.05. The maximum Gasteiger partial charge on any atom is 0.251 e. The number of nitrogens with zero attached hydrogens (tertiary/aromatic N) is 3. The molecule has 4 rings (SSSR count). The zero-order chi connectivity index (χ0) is 26.0. The number of nitrogens with one attached hydrogen (secondary N) is 2. The van der Waals surface area contributed by atoms with E-state index in [2.05, 4.69) is 46.1 Å². The first-order valence-corrected chi connectivity index (χ1v) is 13.0. The monoisotopic (exact) mass is 513 g/mol. The Balaban J connectivity index is 1.55. The first-order chi connectivity index (χ1) is 17.2. The molecule has 0 spiro atoms. The maximum atomic E-state index is 13.3. The molecule has 1 amide bonds. The molecule has 0 saturated heterocycles. The number of amides is 1. The number of aromatic amines is 1. The minimum atomic E-state index is -0.276. The highest BCUT2D eigenvalue weighted by atomic mass is 35.5. The lowest BCUT2D eigenvalue weighted by atomic mass is 9.89. The van der Waals surface area contributed by atoms with Crippen molar-refractivity contribution in [3.05, 3.63) is 55.3 Å². The molecule has 0 atom stereocenters. The maximum absolute atomic E-state index is 13.3. The molecule has 194 valence electrons. The van der Waals surface area contributed by atoms with Crippen molar-refractivity contribution in [3.8, 4) is 5.88 Å². The van der Waals surface area contributed by atoms with Crippen LogP contribution in [0.15, 0.2) is 21.9 Å². The summed E-state index contributed by atoms with van der Waals surface area (Å²) in [6.07, 6.45) is 6.15. The number of pyridine rings is 1. The van der Waals surface area contributed by atoms with E-state index in [1.807, 2.05) is 13.0 Å². The van der Waals surface area contributed by atoms with Crippen molar-refractivity contribution < 1.29 is 9.53 Å². The summed E-state index contributed by atoms with van der Waals surface area (Å²) in [7, 11) is 5.79. The number of hydrogen-bond donors (Lipinski definition) is 2. The molecule has 0 bridgehead atoms. The van der Waals surface area contributed by atoms with Gasteiger partial charge in [0, 0.05) is 46.7 Å². The Hall–Kier alpha value is -2.84. The van der Waals surface area contributed by atoms with Gasteiger partial charge in [-0.2, -0.15) is 0 Å². The number of carbonyl (C=O) groups excluding carboxylic acids is 1. The van der Waals surface area contributed by atoms with Crippen molar-refractivity contribution in [2.24, 2.45) is 4.99 Å². The Bertz CT molecular complexity index is 1210. The molecule has 0 radical (unpaired) electrons. The Labute approximate surface area is 217 Å². The molecule has 1 aromatic heterocycles. The lowest BCUT2D eigenvalue weighted by Gasteiger charge is -2.40. The van der Waals surface area contributed by atoms with Crippen LogP contribution in [-0.2, 0) is 13.1 Å². The average Bonchev–Trinajstić information content (AvgIpc) is 3.34. The van der Waals surface area contributed by atoms with E-state index in [-0.39, 0.29) is 17.9 Å². The predicted molar refractivity (Wildman–Crippen MR) is 145 cm³/mol. The summed E-state index contributed by atoms with van der Waals surface area (Å²) in [6.45, 7) is 5.32. The lowest BCUT2D eigenvalue weighted by Crippen LogP contribution is -2.42. The first kappa shape index (κ1) is 26.2. The molecular weight excluding hydrogens is 478 g/mol. The van der Waals surface area contributed by atoms with Crippen LogP contribution in [0.2, 0.25) is 5.02 Å². The number of ether oxygens (including phenoxy) is 1. The van der Waals surface area contributed by atoms with Crippen LogP contribution >= 0.6 is 11.6 Å². The highest BCUT2D eigenvalue weighted by Gasteiger charge is 2.28. The number of H-pyrrole nitrogens is 1. The number of aromatic nitrogens is 1. The van der Waals surface area contributed by atoms with Crippen LogP contribution in [0.1, 0.15) is 65.3 Å². The number of aliphatic imine (C=N–C) groups is 1. The van der Waals surface area contributed by atoms with Crippen LogP contribution in [0.5, 0.6) is 5.88 Å². The number of methoxy groups -OCH3 is 1. The van der Waals surface area contributed by atoms with E-state index in [0.29, 0.717) is 51.9 Å². The molecule has 1 aliphatic carbocycles. The van der Waals surface area contributed by atoms with E-state index in [4.69, 9.17) is 16.3 Å². The van der Waals surface area contributed by atoms with E-state index >= 15 is 0 Å². The molecule has 1 aliphatic heterocycles. The molecule has 9 heteroatoms. The molecule has 2 aromatic rings. The Morgan fingerprint density at radius 3 is 2.56 bits per heavy atom. The third-order valence-electron chi connectivity index (χ3n) is 7.57. The molecule has 1 saturated carbocycles. The summed E-state index contributed by atoms with van der Waals surface area (Å²) in [6, 6.07) is 4.69. The molecule has 2 N–H and O–H groups in total. The van der Waals surface area contributed by atoms with Gasteiger partial charge in [-0.1, -0.05) is 11.6 Å². The second kappa shape index (κ2) is 11.0. The van der Waals surface area contributed by atoms with Crippen molar-refractivity contribution in [1.29, 1.82) is 0 Å². The average molecular weight is 514 g/mol. The van der Waals surface area contributed by atoms with Gasteiger partial charge >= 0.3 is 0 Å². The molecule has 2 aliphatic rings. The SMILES string of the molecule is CCN(c1cc(Cl)cc(C(=O)NCc2c(OC)[nH]c3c(c2=O)CN=C3)c1C)C1CCC(N(C)C)CC1. The van der Waals surface area contributed by atoms with Crippen molar-refractivity contribution >= 4 is 29.4 Å². The van der Waals surface area contributed by atoms with Crippen molar-refractivity contribution in [1.82, 2.24) is 15.2 Å². The van der Waals surface area contributed by atoms with E-state index < -0.39 is 0 Å². The van der Waals surface area contributed by atoms with Gasteiger partial charge < -0.3 is 24.8 Å². The van der Waals surface area contributed by atoms with Crippen LogP contribution < -0.4 is 20.4 Å². The second-order valence-electron chi connectivity index (χ2n) is 9.82. The fourth-order valence-corrected chi connectivity index (χ4v) is 5.70. The van der Waals surface area contributed by atoms with E-state index in [9.17, 15) is 9.59 Å². The summed E-state index contributed by atoms with van der Waals surface area (Å²) < 4.78 is 5.39. The highest BCUT2D eigenvalue weighted by molar-refractivity contribution is 6.31.